The fourth-order valence-electron chi connectivity index (χ4n) is 0.267. The Morgan fingerprint density at radius 1 is 1.42 bits per heavy atom. The molecular formula is C7H18OS4. The van der Waals surface area contributed by atoms with Crippen LogP contribution >= 0.6 is 49.6 Å². The van der Waals surface area contributed by atoms with Crippen molar-refractivity contribution < 1.29 is 5.11 Å². The highest BCUT2D eigenvalue weighted by molar-refractivity contribution is 7.99. The third-order valence-electron chi connectivity index (χ3n) is 0.861. The van der Waals surface area contributed by atoms with Crippen LogP contribution in [0.5, 0.6) is 0 Å². The summed E-state index contributed by atoms with van der Waals surface area (Å²) in [5.41, 5.74) is 0. The molecule has 0 bridgehead atoms. The number of thioether (sulfide) groups is 1. The maximum atomic E-state index is 8.21. The Labute approximate surface area is 96.3 Å². The summed E-state index contributed by atoms with van der Waals surface area (Å²) in [5, 5.41) is 8.26. The van der Waals surface area contributed by atoms with E-state index in [4.69, 9.17) is 5.11 Å². The Balaban J connectivity index is 0. The number of aliphatic hydroxyl groups excluding tert-OH is 1. The molecule has 76 valence electrons. The van der Waals surface area contributed by atoms with Crippen molar-refractivity contribution in [2.24, 2.45) is 0 Å². The van der Waals surface area contributed by atoms with Crippen LogP contribution in [-0.4, -0.2) is 40.0 Å². The molecule has 0 amide bonds. The van der Waals surface area contributed by atoms with Crippen molar-refractivity contribution in [1.29, 1.82) is 0 Å². The van der Waals surface area contributed by atoms with Gasteiger partial charge in [0.15, 0.2) is 0 Å². The van der Waals surface area contributed by atoms with E-state index in [2.05, 4.69) is 44.8 Å². The predicted octanol–water partition coefficient (Wildman–Crippen LogP) is 1.88. The van der Waals surface area contributed by atoms with Gasteiger partial charge in [-0.3, -0.25) is 0 Å². The van der Waals surface area contributed by atoms with E-state index < -0.39 is 0 Å². The summed E-state index contributed by atoms with van der Waals surface area (Å²) in [6.45, 7) is 2.28. The van der Waals surface area contributed by atoms with Crippen LogP contribution in [0.3, 0.4) is 0 Å². The Kier molecular flexibility index (Phi) is 19.6. The third kappa shape index (κ3) is 17.4. The highest BCUT2D eigenvalue weighted by atomic mass is 32.2. The second kappa shape index (κ2) is 14.9. The zero-order valence-corrected chi connectivity index (χ0v) is 10.8. The summed E-state index contributed by atoms with van der Waals surface area (Å²) < 4.78 is 0. The van der Waals surface area contributed by atoms with Gasteiger partial charge in [0.05, 0.1) is 6.61 Å². The SMILES string of the molecule is CCSCCS.OCC(S)CS. The number of thiol groups is 3. The predicted molar refractivity (Wildman–Crippen MR) is 70.6 cm³/mol. The van der Waals surface area contributed by atoms with Crippen LogP contribution in [0.25, 0.3) is 0 Å². The minimum absolute atomic E-state index is 0.0494. The Bertz CT molecular complexity index is 64.4. The standard InChI is InChI=1S/C4H10S2.C3H8OS2/c1-2-6-4-3-5;4-1-3(6)2-5/h5H,2-4H2,1H3;3-6H,1-2H2. The molecule has 0 aromatic rings. The fraction of sp³-hybridized carbons (Fsp3) is 1.00. The van der Waals surface area contributed by atoms with Crippen LogP contribution in [0.15, 0.2) is 0 Å². The molecule has 0 saturated carbocycles. The van der Waals surface area contributed by atoms with E-state index in [1.165, 1.54) is 11.5 Å². The van der Waals surface area contributed by atoms with Gasteiger partial charge in [0.25, 0.3) is 0 Å². The summed E-state index contributed by atoms with van der Waals surface area (Å²) in [4.78, 5) is 0. The molecule has 0 heterocycles. The Hall–Kier alpha value is 1.36. The maximum absolute atomic E-state index is 8.21. The molecule has 0 aliphatic rings. The van der Waals surface area contributed by atoms with Gasteiger partial charge in [-0.1, -0.05) is 6.92 Å². The average molecular weight is 246 g/mol. The van der Waals surface area contributed by atoms with Gasteiger partial charge in [-0.05, 0) is 11.5 Å². The zero-order valence-electron chi connectivity index (χ0n) is 7.31. The van der Waals surface area contributed by atoms with Crippen LogP contribution in [0.4, 0.5) is 0 Å². The first-order valence-electron chi connectivity index (χ1n) is 3.81. The van der Waals surface area contributed by atoms with Crippen LogP contribution < -0.4 is 0 Å². The van der Waals surface area contributed by atoms with E-state index in [0.29, 0.717) is 5.75 Å². The number of hydrogen-bond donors (Lipinski definition) is 4. The van der Waals surface area contributed by atoms with Crippen molar-refractivity contribution in [1.82, 2.24) is 0 Å². The monoisotopic (exact) mass is 246 g/mol. The van der Waals surface area contributed by atoms with Gasteiger partial charge in [0, 0.05) is 16.8 Å². The van der Waals surface area contributed by atoms with Crippen LogP contribution in [0.2, 0.25) is 0 Å². The van der Waals surface area contributed by atoms with Gasteiger partial charge in [-0.15, -0.1) is 0 Å². The number of rotatable bonds is 5. The van der Waals surface area contributed by atoms with E-state index in [1.807, 2.05) is 11.8 Å². The molecule has 0 spiro atoms. The van der Waals surface area contributed by atoms with Crippen LogP contribution in [-0.2, 0) is 0 Å². The molecule has 0 aliphatic heterocycles. The van der Waals surface area contributed by atoms with Gasteiger partial charge in [0.2, 0.25) is 0 Å². The number of hydrogen-bond acceptors (Lipinski definition) is 5. The molecule has 12 heavy (non-hydrogen) atoms. The van der Waals surface area contributed by atoms with Crippen molar-refractivity contribution in [3.8, 4) is 0 Å². The molecule has 0 fully saturated rings. The Morgan fingerprint density at radius 2 is 2.00 bits per heavy atom. The number of aliphatic hydroxyl groups is 1. The lowest BCUT2D eigenvalue weighted by Crippen LogP contribution is -2.04. The highest BCUT2D eigenvalue weighted by Crippen LogP contribution is 1.96. The lowest BCUT2D eigenvalue weighted by molar-refractivity contribution is 0.302. The zero-order chi connectivity index (χ0) is 9.82. The maximum Gasteiger partial charge on any atom is 0.0555 e. The van der Waals surface area contributed by atoms with Crippen molar-refractivity contribution in [3.05, 3.63) is 0 Å². The first-order chi connectivity index (χ1) is 5.72. The molecular weight excluding hydrogens is 228 g/mol. The van der Waals surface area contributed by atoms with Gasteiger partial charge in [-0.25, -0.2) is 0 Å². The molecule has 0 aliphatic carbocycles. The normalized spacial score (nSPS) is 11.8. The molecule has 1 unspecified atom stereocenters. The molecule has 0 aromatic carbocycles. The average Bonchev–Trinajstić information content (AvgIpc) is 2.14. The fourth-order valence-corrected chi connectivity index (χ4v) is 1.19. The first kappa shape index (κ1) is 15.8. The highest BCUT2D eigenvalue weighted by Gasteiger charge is 1.92. The summed E-state index contributed by atoms with van der Waals surface area (Å²) in [6.07, 6.45) is 0. The molecule has 0 radical (unpaired) electrons. The molecule has 1 atom stereocenters. The molecule has 1 N–H and O–H groups in total. The second-order valence-electron chi connectivity index (χ2n) is 1.94. The molecule has 5 heteroatoms. The van der Waals surface area contributed by atoms with Crippen LogP contribution in [0, 0.1) is 0 Å². The second-order valence-corrected chi connectivity index (χ2v) is 4.88. The van der Waals surface area contributed by atoms with Gasteiger partial charge in [0.1, 0.15) is 0 Å². The molecule has 0 aromatic heterocycles. The van der Waals surface area contributed by atoms with E-state index in [9.17, 15) is 0 Å². The lowest BCUT2D eigenvalue weighted by atomic mass is 10.5. The van der Waals surface area contributed by atoms with Crippen molar-refractivity contribution in [2.45, 2.75) is 12.2 Å². The van der Waals surface area contributed by atoms with Gasteiger partial charge >= 0.3 is 0 Å². The summed E-state index contributed by atoms with van der Waals surface area (Å²) in [5.74, 6) is 4.07. The summed E-state index contributed by atoms with van der Waals surface area (Å²) >= 11 is 13.7. The van der Waals surface area contributed by atoms with Crippen molar-refractivity contribution in [3.63, 3.8) is 0 Å². The quantitative estimate of drug-likeness (QED) is 0.439. The minimum atomic E-state index is 0.0494. The van der Waals surface area contributed by atoms with E-state index in [1.54, 1.807) is 0 Å². The molecule has 0 saturated heterocycles. The minimum Gasteiger partial charge on any atom is -0.395 e. The third-order valence-corrected chi connectivity index (χ3v) is 3.36. The lowest BCUT2D eigenvalue weighted by Gasteiger charge is -1.96. The first-order valence-corrected chi connectivity index (χ1v) is 6.74. The van der Waals surface area contributed by atoms with Crippen molar-refractivity contribution in [2.75, 3.05) is 29.6 Å². The Morgan fingerprint density at radius 3 is 2.08 bits per heavy atom. The van der Waals surface area contributed by atoms with Crippen molar-refractivity contribution >= 4 is 49.6 Å². The molecule has 1 nitrogen and oxygen atoms in total. The van der Waals surface area contributed by atoms with Gasteiger partial charge < -0.3 is 5.11 Å². The summed E-state index contributed by atoms with van der Waals surface area (Å²) in [7, 11) is 0. The molecule has 0 rings (SSSR count). The summed E-state index contributed by atoms with van der Waals surface area (Å²) in [6, 6.07) is 0. The van der Waals surface area contributed by atoms with Crippen LogP contribution in [0.1, 0.15) is 6.92 Å². The van der Waals surface area contributed by atoms with E-state index in [0.717, 1.165) is 5.75 Å². The van der Waals surface area contributed by atoms with E-state index >= 15 is 0 Å². The largest absolute Gasteiger partial charge is 0.395 e. The van der Waals surface area contributed by atoms with Gasteiger partial charge in [-0.2, -0.15) is 49.6 Å². The van der Waals surface area contributed by atoms with E-state index in [-0.39, 0.29) is 11.9 Å². The smallest absolute Gasteiger partial charge is 0.0555 e. The topological polar surface area (TPSA) is 20.2 Å².